The van der Waals surface area contributed by atoms with Crippen molar-refractivity contribution in [3.63, 3.8) is 0 Å². The molecule has 0 saturated carbocycles. The van der Waals surface area contributed by atoms with E-state index >= 15 is 0 Å². The molecule has 3 heteroatoms. The Balaban J connectivity index is 2.15. The van der Waals surface area contributed by atoms with Gasteiger partial charge in [-0.1, -0.05) is 29.8 Å². The molecule has 1 atom stereocenters. The normalized spacial score (nSPS) is 12.4. The second-order valence-corrected chi connectivity index (χ2v) is 5.42. The summed E-state index contributed by atoms with van der Waals surface area (Å²) in [6, 6.07) is 8.64. The second-order valence-electron chi connectivity index (χ2n) is 4.50. The van der Waals surface area contributed by atoms with Crippen molar-refractivity contribution in [2.75, 3.05) is 13.2 Å². The molecule has 0 fully saturated rings. The van der Waals surface area contributed by atoms with Crippen molar-refractivity contribution < 1.29 is 4.74 Å². The molecule has 1 aromatic rings. The fraction of sp³-hybridized carbons (Fsp3) is 0.600. The second kappa shape index (κ2) is 9.40. The quantitative estimate of drug-likeness (QED) is 0.683. The smallest absolute Gasteiger partial charge is 0.119 e. The van der Waals surface area contributed by atoms with Crippen LogP contribution in [0.15, 0.2) is 28.7 Å². The van der Waals surface area contributed by atoms with Crippen LogP contribution in [0.3, 0.4) is 0 Å². The van der Waals surface area contributed by atoms with Crippen LogP contribution in [0.25, 0.3) is 0 Å². The highest BCUT2D eigenvalue weighted by molar-refractivity contribution is 9.10. The molecule has 2 nitrogen and oxygen atoms in total. The number of hydrogen-bond donors (Lipinski definition) is 1. The number of halogens is 1. The van der Waals surface area contributed by atoms with Crippen molar-refractivity contribution in [3.8, 4) is 5.75 Å². The Hall–Kier alpha value is -0.540. The van der Waals surface area contributed by atoms with Crippen molar-refractivity contribution in [2.45, 2.75) is 45.6 Å². The topological polar surface area (TPSA) is 21.3 Å². The fourth-order valence-electron chi connectivity index (χ4n) is 1.85. The fourth-order valence-corrected chi connectivity index (χ4v) is 2.11. The lowest BCUT2D eigenvalue weighted by Crippen LogP contribution is -2.29. The van der Waals surface area contributed by atoms with E-state index in [0.717, 1.165) is 29.8 Å². The van der Waals surface area contributed by atoms with Crippen LogP contribution in [0.5, 0.6) is 5.75 Å². The molecule has 18 heavy (non-hydrogen) atoms. The molecule has 0 aliphatic carbocycles. The summed E-state index contributed by atoms with van der Waals surface area (Å²) in [4.78, 5) is 0. The molecule has 0 heterocycles. The molecule has 0 aliphatic heterocycles. The lowest BCUT2D eigenvalue weighted by molar-refractivity contribution is 0.294. The highest BCUT2D eigenvalue weighted by Gasteiger charge is 2.04. The van der Waals surface area contributed by atoms with Crippen molar-refractivity contribution in [1.29, 1.82) is 0 Å². The monoisotopic (exact) mass is 313 g/mol. The van der Waals surface area contributed by atoms with Gasteiger partial charge in [-0.3, -0.25) is 0 Å². The first-order valence-electron chi connectivity index (χ1n) is 6.88. The Bertz CT molecular complexity index is 313. The van der Waals surface area contributed by atoms with Crippen molar-refractivity contribution in [1.82, 2.24) is 5.32 Å². The Morgan fingerprint density at radius 2 is 1.94 bits per heavy atom. The maximum atomic E-state index is 5.71. The van der Waals surface area contributed by atoms with Crippen LogP contribution in [-0.4, -0.2) is 19.2 Å². The van der Waals surface area contributed by atoms with Gasteiger partial charge in [-0.2, -0.15) is 0 Å². The van der Waals surface area contributed by atoms with Crippen LogP contribution >= 0.6 is 15.9 Å². The SMILES string of the molecule is CCCNC(CC)CCCOc1ccc(Br)cc1. The number of rotatable bonds is 9. The van der Waals surface area contributed by atoms with Gasteiger partial charge in [0.25, 0.3) is 0 Å². The van der Waals surface area contributed by atoms with Gasteiger partial charge in [0, 0.05) is 10.5 Å². The van der Waals surface area contributed by atoms with E-state index < -0.39 is 0 Å². The van der Waals surface area contributed by atoms with Gasteiger partial charge in [-0.05, 0) is 56.5 Å². The molecule has 1 unspecified atom stereocenters. The Kier molecular flexibility index (Phi) is 8.10. The Morgan fingerprint density at radius 3 is 2.56 bits per heavy atom. The lowest BCUT2D eigenvalue weighted by Gasteiger charge is -2.16. The summed E-state index contributed by atoms with van der Waals surface area (Å²) in [6.45, 7) is 6.36. The zero-order chi connectivity index (χ0) is 13.2. The van der Waals surface area contributed by atoms with Crippen LogP contribution in [0.2, 0.25) is 0 Å². The number of nitrogens with one attached hydrogen (secondary N) is 1. The molecule has 0 aromatic heterocycles. The molecule has 0 saturated heterocycles. The summed E-state index contributed by atoms with van der Waals surface area (Å²) in [5.41, 5.74) is 0. The molecule has 1 aromatic carbocycles. The van der Waals surface area contributed by atoms with E-state index in [9.17, 15) is 0 Å². The van der Waals surface area contributed by atoms with E-state index in [4.69, 9.17) is 4.74 Å². The molecule has 1 N–H and O–H groups in total. The molecular weight excluding hydrogens is 290 g/mol. The Morgan fingerprint density at radius 1 is 1.22 bits per heavy atom. The van der Waals surface area contributed by atoms with Gasteiger partial charge >= 0.3 is 0 Å². The van der Waals surface area contributed by atoms with E-state index in [2.05, 4.69) is 35.1 Å². The van der Waals surface area contributed by atoms with Gasteiger partial charge < -0.3 is 10.1 Å². The first-order valence-corrected chi connectivity index (χ1v) is 7.67. The summed E-state index contributed by atoms with van der Waals surface area (Å²) in [5.74, 6) is 0.952. The third kappa shape index (κ3) is 6.41. The van der Waals surface area contributed by atoms with Gasteiger partial charge in [0.15, 0.2) is 0 Å². The predicted octanol–water partition coefficient (Wildman–Crippen LogP) is 4.39. The maximum Gasteiger partial charge on any atom is 0.119 e. The predicted molar refractivity (Wildman–Crippen MR) is 81.2 cm³/mol. The van der Waals surface area contributed by atoms with E-state index in [1.54, 1.807) is 0 Å². The number of ether oxygens (including phenoxy) is 1. The summed E-state index contributed by atoms with van der Waals surface area (Å²) < 4.78 is 6.80. The first kappa shape index (κ1) is 15.5. The van der Waals surface area contributed by atoms with Gasteiger partial charge in [0.05, 0.1) is 6.61 Å². The molecule has 0 amide bonds. The van der Waals surface area contributed by atoms with Crippen molar-refractivity contribution >= 4 is 15.9 Å². The average Bonchev–Trinajstić information content (AvgIpc) is 2.40. The first-order chi connectivity index (χ1) is 8.76. The van der Waals surface area contributed by atoms with E-state index in [-0.39, 0.29) is 0 Å². The zero-order valence-corrected chi connectivity index (χ0v) is 13.0. The highest BCUT2D eigenvalue weighted by Crippen LogP contribution is 2.16. The van der Waals surface area contributed by atoms with Crippen molar-refractivity contribution in [2.24, 2.45) is 0 Å². The maximum absolute atomic E-state index is 5.71. The zero-order valence-electron chi connectivity index (χ0n) is 11.4. The summed E-state index contributed by atoms with van der Waals surface area (Å²) in [7, 11) is 0. The van der Waals surface area contributed by atoms with Crippen LogP contribution in [0.4, 0.5) is 0 Å². The summed E-state index contributed by atoms with van der Waals surface area (Å²) in [6.07, 6.45) is 4.68. The number of hydrogen-bond acceptors (Lipinski definition) is 2. The third-order valence-electron chi connectivity index (χ3n) is 2.96. The minimum absolute atomic E-state index is 0.637. The van der Waals surface area contributed by atoms with E-state index in [1.165, 1.54) is 19.3 Å². The van der Waals surface area contributed by atoms with Crippen molar-refractivity contribution in [3.05, 3.63) is 28.7 Å². The summed E-state index contributed by atoms with van der Waals surface area (Å²) >= 11 is 3.42. The van der Waals surface area contributed by atoms with Crippen LogP contribution in [0.1, 0.15) is 39.5 Å². The van der Waals surface area contributed by atoms with E-state index in [0.29, 0.717) is 6.04 Å². The van der Waals surface area contributed by atoms with Gasteiger partial charge in [-0.15, -0.1) is 0 Å². The molecule has 0 spiro atoms. The summed E-state index contributed by atoms with van der Waals surface area (Å²) in [5, 5.41) is 3.56. The standard InChI is InChI=1S/C15H24BrNO/c1-3-11-17-14(4-2)6-5-12-18-15-9-7-13(16)8-10-15/h7-10,14,17H,3-6,11-12H2,1-2H3. The highest BCUT2D eigenvalue weighted by atomic mass is 79.9. The molecule has 102 valence electrons. The van der Waals surface area contributed by atoms with Gasteiger partial charge in [-0.25, -0.2) is 0 Å². The van der Waals surface area contributed by atoms with E-state index in [1.807, 2.05) is 24.3 Å². The molecular formula is C15H24BrNO. The average molecular weight is 314 g/mol. The molecule has 0 radical (unpaired) electrons. The van der Waals surface area contributed by atoms with Gasteiger partial charge in [0.2, 0.25) is 0 Å². The minimum atomic E-state index is 0.637. The lowest BCUT2D eigenvalue weighted by atomic mass is 10.1. The molecule has 0 bridgehead atoms. The van der Waals surface area contributed by atoms with Crippen LogP contribution in [0, 0.1) is 0 Å². The van der Waals surface area contributed by atoms with Crippen LogP contribution < -0.4 is 10.1 Å². The third-order valence-corrected chi connectivity index (χ3v) is 3.48. The largest absolute Gasteiger partial charge is 0.494 e. The molecule has 1 rings (SSSR count). The number of benzene rings is 1. The Labute approximate surface area is 119 Å². The molecule has 0 aliphatic rings. The minimum Gasteiger partial charge on any atom is -0.494 e. The van der Waals surface area contributed by atoms with Gasteiger partial charge in [0.1, 0.15) is 5.75 Å². The van der Waals surface area contributed by atoms with Crippen LogP contribution in [-0.2, 0) is 0 Å².